The zero-order chi connectivity index (χ0) is 15.4. The van der Waals surface area contributed by atoms with Crippen molar-refractivity contribution in [2.45, 2.75) is 13.5 Å². The molecule has 115 valence electrons. The topological polar surface area (TPSA) is 31.2 Å². The second-order valence-corrected chi connectivity index (χ2v) is 6.17. The zero-order valence-electron chi connectivity index (χ0n) is 12.2. The van der Waals surface area contributed by atoms with Gasteiger partial charge < -0.3 is 9.30 Å². The maximum Gasteiger partial charge on any atom is 0.207 e. The molecule has 2 aromatic rings. The minimum atomic E-state index is -0.423. The molecular formula is C15H14FINO2SY-. The summed E-state index contributed by atoms with van der Waals surface area (Å²) in [7, 11) is 0. The number of hydrogen-bond acceptors (Lipinski definition) is 3. The number of nitrogens with zero attached hydrogens (tertiary/aromatic N) is 1. The molecule has 0 aliphatic rings. The molecule has 0 fully saturated rings. The number of halogens is 2. The van der Waals surface area contributed by atoms with Crippen LogP contribution in [0.1, 0.15) is 6.92 Å². The first kappa shape index (κ1) is 20.1. The second kappa shape index (κ2) is 9.40. The number of aromatic nitrogens is 1. The van der Waals surface area contributed by atoms with Crippen LogP contribution in [0.5, 0.6) is 5.75 Å². The molecule has 0 atom stereocenters. The number of rotatable bonds is 5. The molecule has 22 heavy (non-hydrogen) atoms. The summed E-state index contributed by atoms with van der Waals surface area (Å²) >= 11 is 3.45. The van der Waals surface area contributed by atoms with E-state index in [2.05, 4.69) is 6.07 Å². The zero-order valence-corrected chi connectivity index (χ0v) is 18.0. The van der Waals surface area contributed by atoms with Gasteiger partial charge in [0.1, 0.15) is 5.94 Å². The molecule has 1 radical (unpaired) electrons. The van der Waals surface area contributed by atoms with Crippen molar-refractivity contribution in [1.82, 2.24) is 4.57 Å². The van der Waals surface area contributed by atoms with Crippen molar-refractivity contribution < 1.29 is 41.8 Å². The van der Waals surface area contributed by atoms with E-state index < -0.39 is 5.82 Å². The number of ether oxygens (including phenoxy) is 1. The fraction of sp³-hybridized carbons (Fsp3) is 0.267. The molecule has 0 saturated carbocycles. The van der Waals surface area contributed by atoms with E-state index in [1.54, 1.807) is 18.2 Å². The Hall–Kier alpha value is 0.0839. The van der Waals surface area contributed by atoms with Gasteiger partial charge in [0.05, 0.1) is 11.6 Å². The van der Waals surface area contributed by atoms with Crippen LogP contribution < -0.4 is 10.3 Å². The maximum absolute atomic E-state index is 14.3. The molecule has 0 saturated heterocycles. The van der Waals surface area contributed by atoms with Crippen molar-refractivity contribution in [1.29, 1.82) is 0 Å². The van der Waals surface area contributed by atoms with Crippen LogP contribution in [0.4, 0.5) is 4.39 Å². The molecule has 0 unspecified atom stereocenters. The van der Waals surface area contributed by atoms with Gasteiger partial charge in [-0.15, -0.1) is 34.4 Å². The van der Waals surface area contributed by atoms with Gasteiger partial charge in [-0.05, 0) is 34.4 Å². The SMILES string of the molecule is CCn1c(-c2c(F)cccc2OCSC)[c-]cc(I)c1=O.[Y]. The quantitative estimate of drug-likeness (QED) is 0.351. The van der Waals surface area contributed by atoms with Gasteiger partial charge in [-0.3, -0.25) is 4.79 Å². The number of benzene rings is 1. The summed E-state index contributed by atoms with van der Waals surface area (Å²) in [5.41, 5.74) is 0.546. The molecule has 2 rings (SSSR count). The van der Waals surface area contributed by atoms with Crippen LogP contribution in [0.25, 0.3) is 11.3 Å². The minimum Gasteiger partial charge on any atom is -0.495 e. The van der Waals surface area contributed by atoms with Gasteiger partial charge in [0.2, 0.25) is 5.56 Å². The van der Waals surface area contributed by atoms with Gasteiger partial charge in [0.15, 0.2) is 0 Å². The van der Waals surface area contributed by atoms with E-state index in [0.717, 1.165) is 0 Å². The van der Waals surface area contributed by atoms with E-state index in [-0.39, 0.29) is 43.8 Å². The average Bonchev–Trinajstić information content (AvgIpc) is 2.48. The fourth-order valence-electron chi connectivity index (χ4n) is 1.99. The molecular weight excluding hydrogens is 493 g/mol. The van der Waals surface area contributed by atoms with Crippen molar-refractivity contribution in [2.75, 3.05) is 12.2 Å². The molecule has 0 amide bonds. The van der Waals surface area contributed by atoms with Crippen LogP contribution in [0.3, 0.4) is 0 Å². The maximum atomic E-state index is 14.3. The van der Waals surface area contributed by atoms with Crippen LogP contribution >= 0.6 is 34.4 Å². The fourth-order valence-corrected chi connectivity index (χ4v) is 2.68. The van der Waals surface area contributed by atoms with Crippen molar-refractivity contribution in [2.24, 2.45) is 0 Å². The Balaban J connectivity index is 0.00000242. The Morgan fingerprint density at radius 2 is 2.18 bits per heavy atom. The van der Waals surface area contributed by atoms with Gasteiger partial charge >= 0.3 is 0 Å². The van der Waals surface area contributed by atoms with Gasteiger partial charge in [0.25, 0.3) is 0 Å². The van der Waals surface area contributed by atoms with Crippen LogP contribution in [0.15, 0.2) is 29.1 Å². The third-order valence-corrected chi connectivity index (χ3v) is 4.04. The Bertz CT molecular complexity index is 708. The second-order valence-electron chi connectivity index (χ2n) is 4.20. The van der Waals surface area contributed by atoms with Crippen molar-refractivity contribution >= 4 is 34.4 Å². The predicted molar refractivity (Wildman–Crippen MR) is 92.3 cm³/mol. The van der Waals surface area contributed by atoms with E-state index in [1.165, 1.54) is 22.4 Å². The van der Waals surface area contributed by atoms with Gasteiger partial charge in [0, 0.05) is 39.3 Å². The number of pyridine rings is 1. The molecule has 0 bridgehead atoms. The molecule has 1 aromatic carbocycles. The molecule has 7 heteroatoms. The Kier molecular flexibility index (Phi) is 8.60. The first-order chi connectivity index (χ1) is 10.1. The molecule has 3 nitrogen and oxygen atoms in total. The summed E-state index contributed by atoms with van der Waals surface area (Å²) < 4.78 is 21.9. The van der Waals surface area contributed by atoms with Crippen LogP contribution in [-0.4, -0.2) is 16.8 Å². The predicted octanol–water partition coefficient (Wildman–Crippen LogP) is 3.78. The summed E-state index contributed by atoms with van der Waals surface area (Å²) in [5, 5.41) is 0. The van der Waals surface area contributed by atoms with E-state index in [4.69, 9.17) is 4.74 Å². The van der Waals surface area contributed by atoms with Crippen molar-refractivity contribution in [3.63, 3.8) is 0 Å². The summed E-state index contributed by atoms with van der Waals surface area (Å²) in [4.78, 5) is 12.2. The summed E-state index contributed by atoms with van der Waals surface area (Å²) in [6.45, 7) is 2.29. The molecule has 0 N–H and O–H groups in total. The monoisotopic (exact) mass is 507 g/mol. The summed E-state index contributed by atoms with van der Waals surface area (Å²) in [6, 6.07) is 9.23. The van der Waals surface area contributed by atoms with Crippen molar-refractivity contribution in [3.8, 4) is 17.0 Å². The van der Waals surface area contributed by atoms with E-state index in [0.29, 0.717) is 27.5 Å². The normalized spacial score (nSPS) is 10.2. The summed E-state index contributed by atoms with van der Waals surface area (Å²) in [6.07, 6.45) is 1.90. The Labute approximate surface area is 172 Å². The largest absolute Gasteiger partial charge is 0.495 e. The van der Waals surface area contributed by atoms with Gasteiger partial charge in [-0.2, -0.15) is 12.1 Å². The molecule has 1 heterocycles. The molecule has 0 aliphatic carbocycles. The standard InChI is InChI=1S/C15H14FINO2S.Y/c1-3-18-12(8-7-11(17)15(18)19)14-10(16)5-4-6-13(14)20-9-21-2;/h4-7H,3,9H2,1-2H3;/q-1;. The van der Waals surface area contributed by atoms with Crippen LogP contribution in [0, 0.1) is 15.5 Å². The Morgan fingerprint density at radius 1 is 1.45 bits per heavy atom. The van der Waals surface area contributed by atoms with Gasteiger partial charge in [-0.25, -0.2) is 4.39 Å². The molecule has 0 spiro atoms. The smallest absolute Gasteiger partial charge is 0.207 e. The first-order valence-corrected chi connectivity index (χ1v) is 8.79. The van der Waals surface area contributed by atoms with Gasteiger partial charge in [-0.1, -0.05) is 11.8 Å². The van der Waals surface area contributed by atoms with Crippen LogP contribution in [-0.2, 0) is 39.3 Å². The molecule has 1 aromatic heterocycles. The third-order valence-electron chi connectivity index (χ3n) is 2.92. The van der Waals surface area contributed by atoms with Crippen molar-refractivity contribution in [3.05, 3.63) is 50.1 Å². The number of thioether (sulfide) groups is 1. The van der Waals surface area contributed by atoms with Crippen LogP contribution in [0.2, 0.25) is 0 Å². The summed E-state index contributed by atoms with van der Waals surface area (Å²) in [5.74, 6) is 0.410. The first-order valence-electron chi connectivity index (χ1n) is 6.31. The van der Waals surface area contributed by atoms with E-state index >= 15 is 0 Å². The molecule has 0 aliphatic heterocycles. The number of hydrogen-bond donors (Lipinski definition) is 0. The average molecular weight is 507 g/mol. The minimum absolute atomic E-state index is 0. The van der Waals surface area contributed by atoms with E-state index in [1.807, 2.05) is 35.8 Å². The third kappa shape index (κ3) is 4.33. The Morgan fingerprint density at radius 3 is 2.82 bits per heavy atom. The van der Waals surface area contributed by atoms with E-state index in [9.17, 15) is 9.18 Å².